The van der Waals surface area contributed by atoms with Crippen LogP contribution in [0.25, 0.3) is 0 Å². The lowest BCUT2D eigenvalue weighted by Crippen LogP contribution is -2.51. The molecule has 8 nitrogen and oxygen atoms in total. The van der Waals surface area contributed by atoms with E-state index in [1.54, 1.807) is 48.2 Å². The van der Waals surface area contributed by atoms with Crippen molar-refractivity contribution in [3.8, 4) is 0 Å². The van der Waals surface area contributed by atoms with Crippen molar-refractivity contribution in [2.24, 2.45) is 0 Å². The Morgan fingerprint density at radius 1 is 1.15 bits per heavy atom. The van der Waals surface area contributed by atoms with Crippen LogP contribution >= 0.6 is 23.2 Å². The molecule has 1 N–H and O–H groups in total. The summed E-state index contributed by atoms with van der Waals surface area (Å²) in [5, 5.41) is 3.61. The third-order valence-electron chi connectivity index (χ3n) is 6.87. The number of carbonyl (C=O) groups excluding carboxylic acids is 3. The normalized spacial score (nSPS) is 18.3. The Bertz CT molecular complexity index is 1330. The zero-order valence-electron chi connectivity index (χ0n) is 22.2. The number of hydrogen-bond acceptors (Lipinski definition) is 5. The molecule has 40 heavy (non-hydrogen) atoms. The molecular formula is C29H31Cl2FN4O4. The van der Waals surface area contributed by atoms with Crippen LogP contribution in [0.15, 0.2) is 66.4 Å². The highest BCUT2D eigenvalue weighted by atomic mass is 35.5. The van der Waals surface area contributed by atoms with Crippen molar-refractivity contribution in [2.45, 2.75) is 19.4 Å². The van der Waals surface area contributed by atoms with Crippen molar-refractivity contribution in [1.82, 2.24) is 20.0 Å². The quantitative estimate of drug-likeness (QED) is 0.345. The topological polar surface area (TPSA) is 82.2 Å². The van der Waals surface area contributed by atoms with Crippen molar-refractivity contribution in [3.63, 3.8) is 0 Å². The molecule has 3 amide bonds. The van der Waals surface area contributed by atoms with E-state index in [2.05, 4.69) is 16.8 Å². The minimum atomic E-state index is -0.863. The van der Waals surface area contributed by atoms with Gasteiger partial charge in [0, 0.05) is 55.0 Å². The Hall–Kier alpha value is -3.40. The van der Waals surface area contributed by atoms with Gasteiger partial charge in [0.25, 0.3) is 5.91 Å². The summed E-state index contributed by atoms with van der Waals surface area (Å²) < 4.78 is 19.7. The van der Waals surface area contributed by atoms with Crippen molar-refractivity contribution in [3.05, 3.63) is 93.4 Å². The van der Waals surface area contributed by atoms with Gasteiger partial charge in [0.05, 0.1) is 23.8 Å². The summed E-state index contributed by atoms with van der Waals surface area (Å²) in [7, 11) is 0. The monoisotopic (exact) mass is 588 g/mol. The zero-order valence-corrected chi connectivity index (χ0v) is 23.7. The van der Waals surface area contributed by atoms with Gasteiger partial charge < -0.3 is 15.0 Å². The van der Waals surface area contributed by atoms with Gasteiger partial charge in [-0.2, -0.15) is 0 Å². The van der Waals surface area contributed by atoms with E-state index in [0.717, 1.165) is 0 Å². The Morgan fingerprint density at radius 2 is 1.93 bits per heavy atom. The predicted molar refractivity (Wildman–Crippen MR) is 152 cm³/mol. The number of nitrogens with one attached hydrogen (secondary N) is 1. The summed E-state index contributed by atoms with van der Waals surface area (Å²) in [5.74, 6) is -1.50. The van der Waals surface area contributed by atoms with Crippen LogP contribution in [0, 0.1) is 5.82 Å². The number of carbonyl (C=O) groups is 3. The molecule has 4 rings (SSSR count). The minimum Gasteiger partial charge on any atom is -0.463 e. The number of rotatable bonds is 8. The summed E-state index contributed by atoms with van der Waals surface area (Å²) in [4.78, 5) is 44.9. The van der Waals surface area contributed by atoms with E-state index >= 15 is 0 Å². The molecule has 2 heterocycles. The molecule has 0 saturated carbocycles. The number of amides is 3. The van der Waals surface area contributed by atoms with E-state index in [4.69, 9.17) is 27.9 Å². The van der Waals surface area contributed by atoms with E-state index in [-0.39, 0.29) is 36.7 Å². The first-order chi connectivity index (χ1) is 19.2. The van der Waals surface area contributed by atoms with Gasteiger partial charge in [-0.3, -0.25) is 14.6 Å². The van der Waals surface area contributed by atoms with Gasteiger partial charge in [0.1, 0.15) is 5.82 Å². The van der Waals surface area contributed by atoms with E-state index in [9.17, 15) is 18.8 Å². The molecule has 1 unspecified atom stereocenters. The summed E-state index contributed by atoms with van der Waals surface area (Å²) in [5.41, 5.74) is 1.27. The van der Waals surface area contributed by atoms with E-state index in [1.807, 2.05) is 0 Å². The van der Waals surface area contributed by atoms with Crippen LogP contribution in [-0.4, -0.2) is 78.5 Å². The number of benzene rings is 2. The second-order valence-corrected chi connectivity index (χ2v) is 10.3. The Morgan fingerprint density at radius 3 is 2.62 bits per heavy atom. The Balaban J connectivity index is 1.67. The first-order valence-corrected chi connectivity index (χ1v) is 13.8. The van der Waals surface area contributed by atoms with Crippen molar-refractivity contribution in [2.75, 3.05) is 45.9 Å². The molecule has 2 aliphatic rings. The second kappa shape index (κ2) is 13.3. The van der Waals surface area contributed by atoms with Crippen LogP contribution in [0.5, 0.6) is 0 Å². The molecule has 0 spiro atoms. The number of halogens is 3. The average Bonchev–Trinajstić information content (AvgIpc) is 3.16. The van der Waals surface area contributed by atoms with E-state index < -0.39 is 23.9 Å². The first kappa shape index (κ1) is 29.6. The molecule has 1 atom stereocenters. The first-order valence-electron chi connectivity index (χ1n) is 13.0. The largest absolute Gasteiger partial charge is 0.463 e. The van der Waals surface area contributed by atoms with Gasteiger partial charge in [-0.15, -0.1) is 6.58 Å². The van der Waals surface area contributed by atoms with Crippen LogP contribution in [0.4, 0.5) is 9.18 Å². The van der Waals surface area contributed by atoms with Gasteiger partial charge in [-0.25, -0.2) is 14.0 Å². The van der Waals surface area contributed by atoms with E-state index in [1.165, 1.54) is 17.0 Å². The maximum atomic E-state index is 14.3. The fourth-order valence-corrected chi connectivity index (χ4v) is 5.48. The molecule has 212 valence electrons. The lowest BCUT2D eigenvalue weighted by Gasteiger charge is -2.38. The number of ether oxygens (including phenoxy) is 1. The molecule has 2 aromatic rings. The van der Waals surface area contributed by atoms with Gasteiger partial charge in [0.2, 0.25) is 0 Å². The smallest absolute Gasteiger partial charge is 0.338 e. The number of urea groups is 1. The average molecular weight is 589 g/mol. The molecule has 2 aromatic carbocycles. The third kappa shape index (κ3) is 6.49. The molecule has 2 aliphatic heterocycles. The minimum absolute atomic E-state index is 0.0343. The predicted octanol–water partition coefficient (Wildman–Crippen LogP) is 5.05. The van der Waals surface area contributed by atoms with Gasteiger partial charge in [-0.1, -0.05) is 47.5 Å². The molecule has 0 aliphatic carbocycles. The Kier molecular flexibility index (Phi) is 9.84. The van der Waals surface area contributed by atoms with Gasteiger partial charge >= 0.3 is 12.0 Å². The highest BCUT2D eigenvalue weighted by Crippen LogP contribution is 2.36. The molecule has 0 aromatic heterocycles. The van der Waals surface area contributed by atoms with Crippen LogP contribution in [0.1, 0.15) is 35.3 Å². The summed E-state index contributed by atoms with van der Waals surface area (Å²) in [6, 6.07) is 9.53. The standard InChI is InChI=1S/C29H31Cl2FN4O4/c1-3-12-36-24(18-34-13-7-14-35(16-15-34)27(37)21-8-5-6-9-23(21)32)25(28(38)40-4-2)26(33-29(36)39)20-11-10-19(30)17-22(20)31/h3,5-6,8-11,17,26H,1,4,7,12-16,18H2,2H3,(H,33,39). The zero-order chi connectivity index (χ0) is 28.8. The highest BCUT2D eigenvalue weighted by Gasteiger charge is 2.39. The maximum absolute atomic E-state index is 14.3. The maximum Gasteiger partial charge on any atom is 0.338 e. The molecule has 1 saturated heterocycles. The lowest BCUT2D eigenvalue weighted by molar-refractivity contribution is -0.139. The molecule has 0 bridgehead atoms. The summed E-state index contributed by atoms with van der Waals surface area (Å²) in [6.07, 6.45) is 2.21. The number of esters is 1. The highest BCUT2D eigenvalue weighted by molar-refractivity contribution is 6.35. The van der Waals surface area contributed by atoms with Crippen LogP contribution in [0.2, 0.25) is 10.0 Å². The van der Waals surface area contributed by atoms with E-state index in [0.29, 0.717) is 53.9 Å². The third-order valence-corrected chi connectivity index (χ3v) is 7.43. The van der Waals surface area contributed by atoms with Crippen LogP contribution in [0.3, 0.4) is 0 Å². The number of hydrogen-bond donors (Lipinski definition) is 1. The number of nitrogens with zero attached hydrogens (tertiary/aromatic N) is 3. The lowest BCUT2D eigenvalue weighted by atomic mass is 9.94. The van der Waals surface area contributed by atoms with Crippen molar-refractivity contribution < 1.29 is 23.5 Å². The molecule has 1 fully saturated rings. The van der Waals surface area contributed by atoms with Crippen molar-refractivity contribution in [1.29, 1.82) is 0 Å². The Labute approximate surface area is 243 Å². The summed E-state index contributed by atoms with van der Waals surface area (Å²) in [6.45, 7) is 7.88. The molecular weight excluding hydrogens is 558 g/mol. The van der Waals surface area contributed by atoms with Crippen molar-refractivity contribution >= 4 is 41.1 Å². The van der Waals surface area contributed by atoms with Gasteiger partial charge in [0.15, 0.2) is 0 Å². The molecule has 0 radical (unpaired) electrons. The fourth-order valence-electron chi connectivity index (χ4n) is 4.96. The van der Waals surface area contributed by atoms with Crippen LogP contribution in [-0.2, 0) is 9.53 Å². The summed E-state index contributed by atoms with van der Waals surface area (Å²) >= 11 is 12.6. The SMILES string of the molecule is C=CCN1C(=O)NC(c2ccc(Cl)cc2Cl)C(C(=O)OCC)=C1CN1CCCN(C(=O)c2ccccc2F)CC1. The van der Waals surface area contributed by atoms with Crippen LogP contribution < -0.4 is 5.32 Å². The second-order valence-electron chi connectivity index (χ2n) is 9.43. The molecule has 11 heteroatoms. The van der Waals surface area contributed by atoms with Gasteiger partial charge in [-0.05, 0) is 43.2 Å². The fraction of sp³-hybridized carbons (Fsp3) is 0.345.